The summed E-state index contributed by atoms with van der Waals surface area (Å²) in [4.78, 5) is 27.6. The molecule has 38 heavy (non-hydrogen) atoms. The topological polar surface area (TPSA) is 52.6 Å². The van der Waals surface area contributed by atoms with E-state index in [2.05, 4.69) is 0 Å². The van der Waals surface area contributed by atoms with E-state index in [0.29, 0.717) is 17.1 Å². The minimum Gasteiger partial charge on any atom is -0.423 e. The van der Waals surface area contributed by atoms with Crippen LogP contribution in [0.2, 0.25) is 0 Å². The van der Waals surface area contributed by atoms with Crippen LogP contribution in [-0.2, 0) is 0 Å². The molecule has 0 atom stereocenters. The van der Waals surface area contributed by atoms with E-state index >= 15 is 0 Å². The van der Waals surface area contributed by atoms with Crippen molar-refractivity contribution in [2.45, 2.75) is 0 Å². The maximum atomic E-state index is 13.9. The normalized spacial score (nSPS) is 10.8. The summed E-state index contributed by atoms with van der Waals surface area (Å²) in [5, 5.41) is 3.63. The number of esters is 2. The minimum atomic E-state index is -0.636. The number of hydrogen-bond donors (Lipinski definition) is 0. The second-order valence-corrected chi connectivity index (χ2v) is 8.83. The zero-order valence-electron chi connectivity index (χ0n) is 20.3. The van der Waals surface area contributed by atoms with Gasteiger partial charge in [0.1, 0.15) is 11.5 Å². The molecule has 182 valence electrons. The monoisotopic (exact) mass is 494 g/mol. The van der Waals surface area contributed by atoms with Gasteiger partial charge in [-0.05, 0) is 57.4 Å². The molecular weight excluding hydrogens is 472 g/mol. The number of rotatable bonds is 5. The van der Waals surface area contributed by atoms with Crippen molar-refractivity contribution in [3.8, 4) is 22.6 Å². The first-order valence-corrected chi connectivity index (χ1v) is 12.3. The van der Waals surface area contributed by atoms with Gasteiger partial charge < -0.3 is 9.47 Å². The Morgan fingerprint density at radius 3 is 1.68 bits per heavy atom. The molecule has 0 saturated carbocycles. The molecule has 0 unspecified atom stereocenters. The van der Waals surface area contributed by atoms with Gasteiger partial charge in [-0.1, -0.05) is 103 Å². The van der Waals surface area contributed by atoms with Crippen LogP contribution in [0.25, 0.3) is 32.7 Å². The highest BCUT2D eigenvalue weighted by Gasteiger charge is 2.28. The molecule has 6 rings (SSSR count). The zero-order valence-corrected chi connectivity index (χ0v) is 20.3. The van der Waals surface area contributed by atoms with E-state index in [-0.39, 0.29) is 11.1 Å². The number of hydrogen-bond acceptors (Lipinski definition) is 4. The zero-order chi connectivity index (χ0) is 25.9. The SMILES string of the molecule is O=C(Oc1ccccc1)c1cc2ccccc2c(-c2cccc3ccccc23)c1C(=O)Oc1ccccc1. The summed E-state index contributed by atoms with van der Waals surface area (Å²) in [5.41, 5.74) is 1.75. The van der Waals surface area contributed by atoms with Crippen LogP contribution in [0.5, 0.6) is 11.5 Å². The van der Waals surface area contributed by atoms with Crippen molar-refractivity contribution in [3.63, 3.8) is 0 Å². The van der Waals surface area contributed by atoms with Gasteiger partial charge in [0.15, 0.2) is 0 Å². The van der Waals surface area contributed by atoms with Gasteiger partial charge in [-0.25, -0.2) is 9.59 Å². The van der Waals surface area contributed by atoms with Crippen molar-refractivity contribution in [1.29, 1.82) is 0 Å². The molecule has 0 aliphatic rings. The first-order chi connectivity index (χ1) is 18.7. The van der Waals surface area contributed by atoms with Crippen LogP contribution in [0.1, 0.15) is 20.7 Å². The highest BCUT2D eigenvalue weighted by atomic mass is 16.5. The number of benzene rings is 6. The Kier molecular flexibility index (Phi) is 6.12. The van der Waals surface area contributed by atoms with Crippen molar-refractivity contribution in [2.24, 2.45) is 0 Å². The average Bonchev–Trinajstić information content (AvgIpc) is 2.97. The van der Waals surface area contributed by atoms with Gasteiger partial charge in [0.2, 0.25) is 0 Å². The van der Waals surface area contributed by atoms with Crippen LogP contribution < -0.4 is 9.47 Å². The highest BCUT2D eigenvalue weighted by molar-refractivity contribution is 6.18. The van der Waals surface area contributed by atoms with Gasteiger partial charge in [-0.2, -0.15) is 0 Å². The highest BCUT2D eigenvalue weighted by Crippen LogP contribution is 2.39. The van der Waals surface area contributed by atoms with Crippen molar-refractivity contribution < 1.29 is 19.1 Å². The summed E-state index contributed by atoms with van der Waals surface area (Å²) in [7, 11) is 0. The van der Waals surface area contributed by atoms with Gasteiger partial charge in [0.05, 0.1) is 11.1 Å². The largest absolute Gasteiger partial charge is 0.423 e. The van der Waals surface area contributed by atoms with Crippen LogP contribution in [-0.4, -0.2) is 11.9 Å². The molecule has 0 amide bonds. The summed E-state index contributed by atoms with van der Waals surface area (Å²) in [6.07, 6.45) is 0. The fourth-order valence-electron chi connectivity index (χ4n) is 4.74. The van der Waals surface area contributed by atoms with Crippen LogP contribution in [0.15, 0.2) is 133 Å². The van der Waals surface area contributed by atoms with Gasteiger partial charge in [-0.3, -0.25) is 0 Å². The maximum Gasteiger partial charge on any atom is 0.345 e. The van der Waals surface area contributed by atoms with Crippen molar-refractivity contribution in [3.05, 3.63) is 145 Å². The summed E-state index contributed by atoms with van der Waals surface area (Å²) in [5.74, 6) is -0.495. The molecule has 4 heteroatoms. The predicted molar refractivity (Wildman–Crippen MR) is 150 cm³/mol. The van der Waals surface area contributed by atoms with Gasteiger partial charge in [0, 0.05) is 5.56 Å². The van der Waals surface area contributed by atoms with E-state index in [0.717, 1.165) is 27.1 Å². The molecule has 0 aliphatic heterocycles. The van der Waals surface area contributed by atoms with Crippen LogP contribution >= 0.6 is 0 Å². The quantitative estimate of drug-likeness (QED) is 0.179. The third-order valence-corrected chi connectivity index (χ3v) is 6.44. The van der Waals surface area contributed by atoms with E-state index in [1.54, 1.807) is 54.6 Å². The second-order valence-electron chi connectivity index (χ2n) is 8.83. The molecule has 0 N–H and O–H groups in total. The molecular formula is C34H22O4. The van der Waals surface area contributed by atoms with Crippen LogP contribution in [0.3, 0.4) is 0 Å². The summed E-state index contributed by atoms with van der Waals surface area (Å²) in [6, 6.07) is 41.0. The number of para-hydroxylation sites is 2. The van der Waals surface area contributed by atoms with Gasteiger partial charge in [0.25, 0.3) is 0 Å². The average molecular weight is 495 g/mol. The van der Waals surface area contributed by atoms with Gasteiger partial charge in [-0.15, -0.1) is 0 Å². The third kappa shape index (κ3) is 4.40. The number of carbonyl (C=O) groups is 2. The Labute approximate surface area is 219 Å². The standard InChI is InChI=1S/C34H22O4/c35-33(37-25-15-3-1-4-16-25)30-22-24-13-8-10-20-28(24)31(29-21-11-14-23-12-7-9-19-27(23)29)32(30)34(36)38-26-17-5-2-6-18-26/h1-22H. The molecule has 0 radical (unpaired) electrons. The Morgan fingerprint density at radius 1 is 0.474 bits per heavy atom. The van der Waals surface area contributed by atoms with E-state index in [1.807, 2.05) is 78.9 Å². The third-order valence-electron chi connectivity index (χ3n) is 6.44. The van der Waals surface area contributed by atoms with E-state index < -0.39 is 11.9 Å². The van der Waals surface area contributed by atoms with E-state index in [1.165, 1.54) is 0 Å². The van der Waals surface area contributed by atoms with Gasteiger partial charge >= 0.3 is 11.9 Å². The number of fused-ring (bicyclic) bond motifs is 2. The Balaban J connectivity index is 1.64. The maximum absolute atomic E-state index is 13.9. The lowest BCUT2D eigenvalue weighted by Gasteiger charge is -2.18. The van der Waals surface area contributed by atoms with Crippen molar-refractivity contribution in [1.82, 2.24) is 0 Å². The Bertz CT molecular complexity index is 1790. The Hall–Kier alpha value is -5.22. The molecule has 0 saturated heterocycles. The van der Waals surface area contributed by atoms with Crippen molar-refractivity contribution >= 4 is 33.5 Å². The van der Waals surface area contributed by atoms with E-state index in [9.17, 15) is 9.59 Å². The van der Waals surface area contributed by atoms with Crippen molar-refractivity contribution in [2.75, 3.05) is 0 Å². The van der Waals surface area contributed by atoms with Crippen LogP contribution in [0, 0.1) is 0 Å². The lowest BCUT2D eigenvalue weighted by Crippen LogP contribution is -2.19. The smallest absolute Gasteiger partial charge is 0.345 e. The van der Waals surface area contributed by atoms with E-state index in [4.69, 9.17) is 9.47 Å². The first kappa shape index (κ1) is 23.2. The molecule has 6 aromatic rings. The summed E-state index contributed by atoms with van der Waals surface area (Å²) >= 11 is 0. The molecule has 0 spiro atoms. The summed E-state index contributed by atoms with van der Waals surface area (Å²) in [6.45, 7) is 0. The van der Waals surface area contributed by atoms with Crippen LogP contribution in [0.4, 0.5) is 0 Å². The fourth-order valence-corrected chi connectivity index (χ4v) is 4.74. The molecule has 0 heterocycles. The number of carbonyl (C=O) groups excluding carboxylic acids is 2. The summed E-state index contributed by atoms with van der Waals surface area (Å²) < 4.78 is 11.5. The Morgan fingerprint density at radius 2 is 1.00 bits per heavy atom. The number of ether oxygens (including phenoxy) is 2. The fraction of sp³-hybridized carbons (Fsp3) is 0. The molecule has 0 fully saturated rings. The predicted octanol–water partition coefficient (Wildman–Crippen LogP) is 8.10. The molecule has 0 bridgehead atoms. The molecule has 4 nitrogen and oxygen atoms in total. The second kappa shape index (κ2) is 10.0. The molecule has 0 aromatic heterocycles. The molecule has 6 aromatic carbocycles. The lowest BCUT2D eigenvalue weighted by molar-refractivity contribution is 0.0693. The lowest BCUT2D eigenvalue weighted by atomic mass is 9.87. The first-order valence-electron chi connectivity index (χ1n) is 12.3. The minimum absolute atomic E-state index is 0.136. The molecule has 0 aliphatic carbocycles.